The van der Waals surface area contributed by atoms with E-state index in [4.69, 9.17) is 5.73 Å². The highest BCUT2D eigenvalue weighted by molar-refractivity contribution is 5.68. The predicted octanol–water partition coefficient (Wildman–Crippen LogP) is 2.87. The fraction of sp³-hybridized carbons (Fsp3) is 0.375. The number of esters is 1. The largest absolute Gasteiger partial charge is 0.469 e. The summed E-state index contributed by atoms with van der Waals surface area (Å²) in [5, 5.41) is 0. The highest BCUT2D eigenvalue weighted by Crippen LogP contribution is 2.16. The van der Waals surface area contributed by atoms with Crippen molar-refractivity contribution in [3.05, 3.63) is 42.0 Å². The van der Waals surface area contributed by atoms with Crippen LogP contribution in [0.1, 0.15) is 31.4 Å². The Morgan fingerprint density at radius 3 is 2.68 bits per heavy atom. The van der Waals surface area contributed by atoms with Crippen LogP contribution >= 0.6 is 0 Å². The van der Waals surface area contributed by atoms with Crippen molar-refractivity contribution in [2.75, 3.05) is 12.8 Å². The molecule has 2 N–H and O–H groups in total. The zero-order valence-corrected chi connectivity index (χ0v) is 12.6. The second-order valence-corrected chi connectivity index (χ2v) is 5.07. The average Bonchev–Trinajstić information content (AvgIpc) is 2.88. The van der Waals surface area contributed by atoms with Crippen molar-refractivity contribution in [1.82, 2.24) is 9.55 Å². The third kappa shape index (κ3) is 4.31. The summed E-state index contributed by atoms with van der Waals surface area (Å²) in [6.07, 6.45) is 5.77. The first-order valence-electron chi connectivity index (χ1n) is 7.26. The number of carbonyl (C=O) groups is 1. The molecule has 1 aromatic carbocycles. The molecule has 22 heavy (non-hydrogen) atoms. The number of methoxy groups -OCH3 is 1. The molecule has 0 aliphatic rings. The second kappa shape index (κ2) is 7.59. The molecule has 0 saturated heterocycles. The van der Waals surface area contributed by atoms with Gasteiger partial charge in [0.2, 0.25) is 5.95 Å². The quantitative estimate of drug-likeness (QED) is 0.631. The molecule has 1 heterocycles. The molecule has 5 nitrogen and oxygen atoms in total. The maximum absolute atomic E-state index is 12.9. The van der Waals surface area contributed by atoms with Crippen LogP contribution in [0.5, 0.6) is 0 Å². The number of anilines is 1. The highest BCUT2D eigenvalue weighted by Gasteiger charge is 2.07. The van der Waals surface area contributed by atoms with Crippen LogP contribution in [0.2, 0.25) is 0 Å². The van der Waals surface area contributed by atoms with Crippen LogP contribution in [-0.4, -0.2) is 22.6 Å². The molecule has 118 valence electrons. The van der Waals surface area contributed by atoms with Crippen LogP contribution in [0.15, 0.2) is 30.5 Å². The van der Waals surface area contributed by atoms with E-state index in [0.717, 1.165) is 37.1 Å². The van der Waals surface area contributed by atoms with Crippen molar-refractivity contribution in [2.24, 2.45) is 0 Å². The lowest BCUT2D eigenvalue weighted by molar-refractivity contribution is -0.140. The van der Waals surface area contributed by atoms with Gasteiger partial charge in [-0.05, 0) is 43.5 Å². The van der Waals surface area contributed by atoms with Crippen LogP contribution < -0.4 is 5.73 Å². The van der Waals surface area contributed by atoms with E-state index in [-0.39, 0.29) is 11.8 Å². The third-order valence-electron chi connectivity index (χ3n) is 3.43. The number of carbonyl (C=O) groups excluding carboxylic acids is 1. The van der Waals surface area contributed by atoms with Gasteiger partial charge in [0.1, 0.15) is 5.82 Å². The summed E-state index contributed by atoms with van der Waals surface area (Å²) in [6, 6.07) is 6.10. The van der Waals surface area contributed by atoms with Gasteiger partial charge in [0, 0.05) is 18.3 Å². The molecular formula is C16H20FN3O2. The van der Waals surface area contributed by atoms with E-state index in [0.29, 0.717) is 12.4 Å². The third-order valence-corrected chi connectivity index (χ3v) is 3.43. The molecule has 6 heteroatoms. The molecule has 0 aliphatic heterocycles. The Balaban J connectivity index is 1.87. The van der Waals surface area contributed by atoms with E-state index in [9.17, 15) is 9.18 Å². The lowest BCUT2D eigenvalue weighted by Gasteiger charge is -2.03. The first-order chi connectivity index (χ1) is 10.6. The van der Waals surface area contributed by atoms with E-state index in [1.807, 2.05) is 6.20 Å². The zero-order valence-electron chi connectivity index (χ0n) is 12.6. The summed E-state index contributed by atoms with van der Waals surface area (Å²) < 4.78 is 19.3. The van der Waals surface area contributed by atoms with Crippen LogP contribution in [-0.2, 0) is 16.0 Å². The molecule has 0 atom stereocenters. The molecule has 2 aromatic rings. The van der Waals surface area contributed by atoms with Crippen molar-refractivity contribution < 1.29 is 13.9 Å². The molecule has 0 radical (unpaired) electrons. The lowest BCUT2D eigenvalue weighted by Crippen LogP contribution is -1.99. The highest BCUT2D eigenvalue weighted by atomic mass is 19.1. The molecule has 0 saturated carbocycles. The minimum absolute atomic E-state index is 0.176. The van der Waals surface area contributed by atoms with Gasteiger partial charge in [0.05, 0.1) is 12.8 Å². The number of aryl methyl sites for hydroxylation is 1. The van der Waals surface area contributed by atoms with E-state index in [1.165, 1.54) is 19.2 Å². The normalized spacial score (nSPS) is 10.6. The lowest BCUT2D eigenvalue weighted by atomic mass is 10.1. The number of nitrogen functional groups attached to an aromatic ring is 1. The zero-order chi connectivity index (χ0) is 15.9. The van der Waals surface area contributed by atoms with Crippen LogP contribution in [0.4, 0.5) is 10.3 Å². The number of benzene rings is 1. The van der Waals surface area contributed by atoms with Crippen LogP contribution in [0.3, 0.4) is 0 Å². The Morgan fingerprint density at radius 1 is 1.27 bits per heavy atom. The van der Waals surface area contributed by atoms with Gasteiger partial charge < -0.3 is 10.5 Å². The number of imidazole rings is 1. The number of aromatic nitrogens is 2. The van der Waals surface area contributed by atoms with Gasteiger partial charge >= 0.3 is 5.97 Å². The van der Waals surface area contributed by atoms with Gasteiger partial charge in [-0.1, -0.05) is 6.42 Å². The summed E-state index contributed by atoms with van der Waals surface area (Å²) in [5.74, 6) is -0.0748. The molecule has 0 amide bonds. The van der Waals surface area contributed by atoms with Crippen molar-refractivity contribution >= 4 is 11.9 Å². The van der Waals surface area contributed by atoms with Crippen LogP contribution in [0.25, 0.3) is 5.69 Å². The number of rotatable bonds is 7. The monoisotopic (exact) mass is 305 g/mol. The van der Waals surface area contributed by atoms with E-state index in [2.05, 4.69) is 9.72 Å². The second-order valence-electron chi connectivity index (χ2n) is 5.07. The molecule has 0 spiro atoms. The molecule has 1 aromatic heterocycles. The fourth-order valence-corrected chi connectivity index (χ4v) is 2.23. The van der Waals surface area contributed by atoms with Gasteiger partial charge in [-0.25, -0.2) is 9.37 Å². The van der Waals surface area contributed by atoms with Gasteiger partial charge in [0.15, 0.2) is 0 Å². The summed E-state index contributed by atoms with van der Waals surface area (Å²) in [4.78, 5) is 15.3. The maximum Gasteiger partial charge on any atom is 0.305 e. The van der Waals surface area contributed by atoms with Gasteiger partial charge in [-0.15, -0.1) is 0 Å². The predicted molar refractivity (Wildman–Crippen MR) is 82.1 cm³/mol. The van der Waals surface area contributed by atoms with E-state index < -0.39 is 0 Å². The minimum Gasteiger partial charge on any atom is -0.469 e. The van der Waals surface area contributed by atoms with Gasteiger partial charge in [-0.3, -0.25) is 9.36 Å². The van der Waals surface area contributed by atoms with E-state index >= 15 is 0 Å². The minimum atomic E-state index is -0.284. The summed E-state index contributed by atoms with van der Waals surface area (Å²) in [5.41, 5.74) is 7.57. The number of halogens is 1. The average molecular weight is 305 g/mol. The number of nitrogens with zero attached hydrogens (tertiary/aromatic N) is 2. The molecule has 0 fully saturated rings. The first-order valence-corrected chi connectivity index (χ1v) is 7.26. The van der Waals surface area contributed by atoms with Gasteiger partial charge in [-0.2, -0.15) is 0 Å². The Morgan fingerprint density at radius 2 is 2.00 bits per heavy atom. The fourth-order valence-electron chi connectivity index (χ4n) is 2.23. The summed E-state index contributed by atoms with van der Waals surface area (Å²) in [6.45, 7) is 0. The smallest absolute Gasteiger partial charge is 0.305 e. The number of hydrogen-bond acceptors (Lipinski definition) is 4. The number of hydrogen-bond donors (Lipinski definition) is 1. The Bertz CT molecular complexity index is 623. The standard InChI is InChI=1S/C16H20FN3O2/c1-22-15(21)6-4-2-3-5-13-11-20(16(18)19-13)14-9-7-12(17)8-10-14/h7-11H,2-6H2,1H3,(H2,18,19). The molecule has 0 aliphatic carbocycles. The van der Waals surface area contributed by atoms with Crippen molar-refractivity contribution in [3.8, 4) is 5.69 Å². The molecular weight excluding hydrogens is 285 g/mol. The topological polar surface area (TPSA) is 70.1 Å². The number of ether oxygens (including phenoxy) is 1. The Hall–Kier alpha value is -2.37. The summed E-state index contributed by atoms with van der Waals surface area (Å²) >= 11 is 0. The molecule has 2 rings (SSSR count). The first kappa shape index (κ1) is 16.0. The number of unbranched alkanes of at least 4 members (excludes halogenated alkanes) is 2. The maximum atomic E-state index is 12.9. The molecule has 0 bridgehead atoms. The molecule has 0 unspecified atom stereocenters. The van der Waals surface area contributed by atoms with Crippen molar-refractivity contribution in [1.29, 1.82) is 0 Å². The van der Waals surface area contributed by atoms with Crippen LogP contribution in [0, 0.1) is 5.82 Å². The number of nitrogens with two attached hydrogens (primary N) is 1. The van der Waals surface area contributed by atoms with Gasteiger partial charge in [0.25, 0.3) is 0 Å². The Labute approximate surface area is 128 Å². The summed E-state index contributed by atoms with van der Waals surface area (Å²) in [7, 11) is 1.40. The van der Waals surface area contributed by atoms with Crippen molar-refractivity contribution in [2.45, 2.75) is 32.1 Å². The van der Waals surface area contributed by atoms with Crippen molar-refractivity contribution in [3.63, 3.8) is 0 Å². The SMILES string of the molecule is COC(=O)CCCCCc1cn(-c2ccc(F)cc2)c(N)n1. The Kier molecular flexibility index (Phi) is 5.52. The van der Waals surface area contributed by atoms with E-state index in [1.54, 1.807) is 16.7 Å².